The van der Waals surface area contributed by atoms with Crippen molar-refractivity contribution in [3.63, 3.8) is 0 Å². The highest BCUT2D eigenvalue weighted by Gasteiger charge is 2.36. The van der Waals surface area contributed by atoms with E-state index in [4.69, 9.17) is 4.74 Å². The fourth-order valence-corrected chi connectivity index (χ4v) is 7.06. The number of fused-ring (bicyclic) bond motifs is 5. The molecule has 4 aromatic rings. The summed E-state index contributed by atoms with van der Waals surface area (Å²) in [6.45, 7) is 0.565. The van der Waals surface area contributed by atoms with Crippen molar-refractivity contribution in [2.75, 3.05) is 12.4 Å². The van der Waals surface area contributed by atoms with Crippen LogP contribution in [0.1, 0.15) is 46.1 Å². The van der Waals surface area contributed by atoms with Crippen LogP contribution in [0.4, 0.5) is 10.5 Å². The van der Waals surface area contributed by atoms with Gasteiger partial charge in [0.25, 0.3) is 0 Å². The number of anilines is 1. The van der Waals surface area contributed by atoms with Crippen molar-refractivity contribution in [2.24, 2.45) is 0 Å². The largest absolute Gasteiger partial charge is 0.497 e. The number of thiophene rings is 1. The number of urea groups is 1. The van der Waals surface area contributed by atoms with E-state index in [-0.39, 0.29) is 12.1 Å². The molecule has 5 nitrogen and oxygen atoms in total. The average Bonchev–Trinajstić information content (AvgIpc) is 3.47. The minimum absolute atomic E-state index is 0.117. The summed E-state index contributed by atoms with van der Waals surface area (Å²) < 4.78 is 8.57. The second kappa shape index (κ2) is 9.21. The molecule has 2 aromatic carbocycles. The van der Waals surface area contributed by atoms with Crippen molar-refractivity contribution in [1.82, 2.24) is 9.47 Å². The Morgan fingerprint density at radius 3 is 2.63 bits per heavy atom. The molecule has 6 rings (SSSR count). The van der Waals surface area contributed by atoms with Crippen LogP contribution < -0.4 is 10.1 Å². The van der Waals surface area contributed by atoms with Crippen molar-refractivity contribution in [3.05, 3.63) is 98.6 Å². The van der Waals surface area contributed by atoms with Gasteiger partial charge in [0.05, 0.1) is 31.1 Å². The number of aryl methyl sites for hydroxylation is 1. The van der Waals surface area contributed by atoms with Crippen LogP contribution in [-0.4, -0.2) is 22.6 Å². The summed E-state index contributed by atoms with van der Waals surface area (Å²) in [6.07, 6.45) is 6.81. The predicted molar refractivity (Wildman–Crippen MR) is 144 cm³/mol. The summed E-state index contributed by atoms with van der Waals surface area (Å²) in [5, 5.41) is 4.42. The van der Waals surface area contributed by atoms with Gasteiger partial charge in [-0.3, -0.25) is 0 Å². The zero-order valence-electron chi connectivity index (χ0n) is 19.5. The summed E-state index contributed by atoms with van der Waals surface area (Å²) in [5.41, 5.74) is 5.65. The number of nitrogens with zero attached hydrogens (tertiary/aromatic N) is 2. The molecule has 3 heterocycles. The number of aromatic nitrogens is 1. The van der Waals surface area contributed by atoms with E-state index in [1.807, 2.05) is 52.6 Å². The Labute approximate surface area is 217 Å². The van der Waals surface area contributed by atoms with Gasteiger partial charge in [-0.1, -0.05) is 24.3 Å². The SMILES string of the molecule is COc1ccc([C@@H]2c3cccn3-c3sc4c(c3CN2C(=O)Nc2ccccc2Br)CCCC4)cc1. The molecule has 1 aliphatic heterocycles. The third-order valence-electron chi connectivity index (χ3n) is 6.99. The molecule has 35 heavy (non-hydrogen) atoms. The monoisotopic (exact) mass is 547 g/mol. The van der Waals surface area contributed by atoms with E-state index in [1.54, 1.807) is 7.11 Å². The Morgan fingerprint density at radius 2 is 1.83 bits per heavy atom. The van der Waals surface area contributed by atoms with Gasteiger partial charge in [0.1, 0.15) is 10.8 Å². The molecule has 1 N–H and O–H groups in total. The number of para-hydroxylation sites is 1. The maximum Gasteiger partial charge on any atom is 0.323 e. The molecule has 0 bridgehead atoms. The number of amides is 2. The molecule has 0 saturated heterocycles. The molecule has 2 aromatic heterocycles. The fraction of sp³-hybridized carbons (Fsp3) is 0.250. The van der Waals surface area contributed by atoms with Crippen molar-refractivity contribution in [3.8, 4) is 10.8 Å². The summed E-state index contributed by atoms with van der Waals surface area (Å²) in [5.74, 6) is 0.801. The van der Waals surface area contributed by atoms with Gasteiger partial charge in [0.15, 0.2) is 0 Å². The molecule has 178 valence electrons. The normalized spacial score (nSPS) is 16.6. The van der Waals surface area contributed by atoms with Gasteiger partial charge in [-0.2, -0.15) is 0 Å². The summed E-state index contributed by atoms with van der Waals surface area (Å²) in [7, 11) is 1.67. The Morgan fingerprint density at radius 1 is 1.03 bits per heavy atom. The zero-order chi connectivity index (χ0) is 23.9. The smallest absolute Gasteiger partial charge is 0.323 e. The molecule has 2 aliphatic rings. The zero-order valence-corrected chi connectivity index (χ0v) is 21.9. The first-order chi connectivity index (χ1) is 17.1. The topological polar surface area (TPSA) is 46.5 Å². The molecule has 7 heteroatoms. The molecule has 0 fully saturated rings. The van der Waals surface area contributed by atoms with Crippen molar-refractivity contribution < 1.29 is 9.53 Å². The maximum absolute atomic E-state index is 14.0. The van der Waals surface area contributed by atoms with Gasteiger partial charge < -0.3 is 19.5 Å². The summed E-state index contributed by atoms with van der Waals surface area (Å²) in [4.78, 5) is 17.4. The maximum atomic E-state index is 14.0. The molecule has 0 spiro atoms. The fourth-order valence-electron chi connectivity index (χ4n) is 5.27. The number of rotatable bonds is 3. The second-order valence-electron chi connectivity index (χ2n) is 9.01. The molecule has 1 atom stereocenters. The van der Waals surface area contributed by atoms with Gasteiger partial charge in [-0.15, -0.1) is 11.3 Å². The summed E-state index contributed by atoms with van der Waals surface area (Å²) >= 11 is 5.48. The van der Waals surface area contributed by atoms with Gasteiger partial charge in [0.2, 0.25) is 0 Å². The first-order valence-electron chi connectivity index (χ1n) is 11.9. The Bertz CT molecular complexity index is 1390. The number of benzene rings is 2. The number of ether oxygens (including phenoxy) is 1. The lowest BCUT2D eigenvalue weighted by molar-refractivity contribution is 0.194. The number of methoxy groups -OCH3 is 1. The Kier molecular flexibility index (Phi) is 5.90. The molecular formula is C28H26BrN3O2S. The van der Waals surface area contributed by atoms with Crippen LogP contribution in [0.2, 0.25) is 0 Å². The van der Waals surface area contributed by atoms with Crippen LogP contribution in [0, 0.1) is 0 Å². The van der Waals surface area contributed by atoms with Crippen LogP contribution in [0.3, 0.4) is 0 Å². The minimum atomic E-state index is -0.239. The molecule has 0 saturated carbocycles. The minimum Gasteiger partial charge on any atom is -0.497 e. The molecule has 0 radical (unpaired) electrons. The third-order valence-corrected chi connectivity index (χ3v) is 9.01. The van der Waals surface area contributed by atoms with Crippen LogP contribution in [0.5, 0.6) is 5.75 Å². The lowest BCUT2D eigenvalue weighted by atomic mass is 9.95. The van der Waals surface area contributed by atoms with Crippen LogP contribution in [-0.2, 0) is 19.4 Å². The molecule has 1 aliphatic carbocycles. The highest BCUT2D eigenvalue weighted by molar-refractivity contribution is 9.10. The van der Waals surface area contributed by atoms with Gasteiger partial charge in [0, 0.05) is 21.1 Å². The van der Waals surface area contributed by atoms with Gasteiger partial charge in [-0.25, -0.2) is 4.79 Å². The molecule has 2 amide bonds. The van der Waals surface area contributed by atoms with Gasteiger partial charge in [-0.05, 0) is 89.1 Å². The van der Waals surface area contributed by atoms with E-state index in [0.717, 1.165) is 40.0 Å². The predicted octanol–water partition coefficient (Wildman–Crippen LogP) is 7.33. The number of hydrogen-bond acceptors (Lipinski definition) is 3. The lowest BCUT2D eigenvalue weighted by Crippen LogP contribution is -2.38. The van der Waals surface area contributed by atoms with E-state index in [0.29, 0.717) is 6.54 Å². The first-order valence-corrected chi connectivity index (χ1v) is 13.5. The van der Waals surface area contributed by atoms with Crippen LogP contribution >= 0.6 is 27.3 Å². The van der Waals surface area contributed by atoms with Crippen LogP contribution in [0.15, 0.2) is 71.3 Å². The number of carbonyl (C=O) groups excluding carboxylic acids is 1. The van der Waals surface area contributed by atoms with Crippen LogP contribution in [0.25, 0.3) is 5.00 Å². The van der Waals surface area contributed by atoms with Crippen molar-refractivity contribution in [1.29, 1.82) is 0 Å². The summed E-state index contributed by atoms with van der Waals surface area (Å²) in [6, 6.07) is 19.7. The van der Waals surface area contributed by atoms with E-state index < -0.39 is 0 Å². The number of hydrogen-bond donors (Lipinski definition) is 1. The average molecular weight is 549 g/mol. The standard InChI is InChI=1S/C28H26BrN3O2S/c1-34-19-14-12-18(13-15-19)26-24-10-6-16-31(24)27-21(20-7-2-5-11-25(20)35-27)17-32(26)28(33)30-23-9-4-3-8-22(23)29/h3-4,6,8-10,12-16,26H,2,5,7,11,17H2,1H3,(H,30,33)/t26-/m1/s1. The quantitative estimate of drug-likeness (QED) is 0.292. The second-order valence-corrected chi connectivity index (χ2v) is 10.9. The van der Waals surface area contributed by atoms with Crippen molar-refractivity contribution >= 4 is 39.0 Å². The van der Waals surface area contributed by atoms with E-state index in [9.17, 15) is 4.79 Å². The van der Waals surface area contributed by atoms with E-state index in [1.165, 1.54) is 33.8 Å². The molecular weight excluding hydrogens is 522 g/mol. The highest BCUT2D eigenvalue weighted by atomic mass is 79.9. The third kappa shape index (κ3) is 3.96. The van der Waals surface area contributed by atoms with Crippen molar-refractivity contribution in [2.45, 2.75) is 38.3 Å². The Hall–Kier alpha value is -3.03. The van der Waals surface area contributed by atoms with E-state index in [2.05, 4.69) is 56.3 Å². The van der Waals surface area contributed by atoms with Gasteiger partial charge >= 0.3 is 6.03 Å². The van der Waals surface area contributed by atoms with E-state index >= 15 is 0 Å². The Balaban J connectivity index is 1.50. The lowest BCUT2D eigenvalue weighted by Gasteiger charge is -2.31. The first kappa shape index (κ1) is 22.4. The number of carbonyl (C=O) groups is 1. The molecule has 0 unspecified atom stereocenters. The number of nitrogens with one attached hydrogen (secondary N) is 1. The number of halogens is 1. The highest BCUT2D eigenvalue weighted by Crippen LogP contribution is 2.44.